The second-order valence-electron chi connectivity index (χ2n) is 14.3. The topological polar surface area (TPSA) is 180 Å². The first kappa shape index (κ1) is 37.5. The number of allylic oxidation sites excluding steroid dienone is 1. The second kappa shape index (κ2) is 14.4. The van der Waals surface area contributed by atoms with Crippen LogP contribution in [0.2, 0.25) is 0 Å². The van der Waals surface area contributed by atoms with E-state index in [1.54, 1.807) is 27.7 Å². The monoisotopic (exact) mass is 668 g/mol. The van der Waals surface area contributed by atoms with Crippen LogP contribution in [0.4, 0.5) is 4.79 Å². The van der Waals surface area contributed by atoms with Gasteiger partial charge >= 0.3 is 6.09 Å². The standard InChI is InChI=1S/C32H52N4O9S/c1-9-11-12-20(3)15-21(19-44-8)25(33-29(41)45-30(4,5)6)27(39)36-18-23(37)16-24(36)26(38)34-32(17-22(32)10-2)28(40)35-46(42,43)31(7)13-14-31/h9-10,20-25,37H,1-2,11-19H2,3-8H3,(H,33,41)(H,34,38)(H,35,40)/t20?,21-,22+,23+,24-,25-,32+/m0/s1. The van der Waals surface area contributed by atoms with Gasteiger partial charge in [0.2, 0.25) is 21.8 Å². The van der Waals surface area contributed by atoms with Crippen LogP contribution >= 0.6 is 0 Å². The molecule has 260 valence electrons. The quantitative estimate of drug-likeness (QED) is 0.179. The third-order valence-electron chi connectivity index (χ3n) is 9.10. The lowest BCUT2D eigenvalue weighted by molar-refractivity contribution is -0.142. The van der Waals surface area contributed by atoms with Gasteiger partial charge < -0.3 is 30.1 Å². The molecule has 4 amide bonds. The summed E-state index contributed by atoms with van der Waals surface area (Å²) < 4.78 is 37.6. The Hall–Kier alpha value is -2.97. The SMILES string of the molecule is C=CCCC(C)C[C@@H](COC)[C@H](NC(=O)OC(C)(C)C)C(=O)N1C[C@H](O)C[C@H]1C(=O)N[C@]1(C(=O)NS(=O)(=O)C2(C)CC2)C[C@H]1C=C. The largest absolute Gasteiger partial charge is 0.444 e. The van der Waals surface area contributed by atoms with Crippen LogP contribution < -0.4 is 15.4 Å². The molecule has 0 aromatic carbocycles. The van der Waals surface area contributed by atoms with Gasteiger partial charge in [0.25, 0.3) is 5.91 Å². The summed E-state index contributed by atoms with van der Waals surface area (Å²) in [5.74, 6) is -3.11. The number of aliphatic hydroxyl groups excluding tert-OH is 1. The number of amides is 4. The Morgan fingerprint density at radius 2 is 1.83 bits per heavy atom. The lowest BCUT2D eigenvalue weighted by Crippen LogP contribution is -2.60. The van der Waals surface area contributed by atoms with Gasteiger partial charge in [-0.05, 0) is 72.1 Å². The predicted octanol–water partition coefficient (Wildman–Crippen LogP) is 2.16. The van der Waals surface area contributed by atoms with Gasteiger partial charge in [0, 0.05) is 31.9 Å². The van der Waals surface area contributed by atoms with Crippen molar-refractivity contribution in [2.24, 2.45) is 17.8 Å². The molecule has 0 bridgehead atoms. The molecule has 14 heteroatoms. The second-order valence-corrected chi connectivity index (χ2v) is 16.5. The Morgan fingerprint density at radius 3 is 2.35 bits per heavy atom. The zero-order valence-corrected chi connectivity index (χ0v) is 28.8. The van der Waals surface area contributed by atoms with Crippen molar-refractivity contribution < 1.29 is 42.2 Å². The van der Waals surface area contributed by atoms with E-state index in [2.05, 4.69) is 28.5 Å². The number of sulfonamides is 1. The fourth-order valence-corrected chi connectivity index (χ4v) is 7.28. The van der Waals surface area contributed by atoms with E-state index in [-0.39, 0.29) is 31.9 Å². The number of ether oxygens (including phenoxy) is 2. The molecule has 2 saturated carbocycles. The van der Waals surface area contributed by atoms with Crippen LogP contribution in [0.5, 0.6) is 0 Å². The van der Waals surface area contributed by atoms with Gasteiger partial charge in [-0.25, -0.2) is 13.2 Å². The van der Waals surface area contributed by atoms with E-state index in [1.165, 1.54) is 18.1 Å². The zero-order chi connectivity index (χ0) is 34.7. The highest BCUT2D eigenvalue weighted by Gasteiger charge is 2.63. The molecule has 3 aliphatic rings. The first-order valence-corrected chi connectivity index (χ1v) is 17.4. The zero-order valence-electron chi connectivity index (χ0n) is 28.0. The van der Waals surface area contributed by atoms with Gasteiger partial charge in [0.1, 0.15) is 23.2 Å². The van der Waals surface area contributed by atoms with Crippen LogP contribution in [0.25, 0.3) is 0 Å². The minimum absolute atomic E-state index is 0.117. The minimum atomic E-state index is -3.97. The molecule has 0 spiro atoms. The molecule has 1 saturated heterocycles. The third kappa shape index (κ3) is 8.88. The van der Waals surface area contributed by atoms with Gasteiger partial charge in [-0.1, -0.05) is 19.1 Å². The average Bonchev–Trinajstić information content (AvgIpc) is 3.84. The number of β-amino-alcohol motifs (C(OH)–C–C–N with tert-alkyl or cyclic N) is 1. The van der Waals surface area contributed by atoms with Crippen LogP contribution in [0, 0.1) is 17.8 Å². The first-order valence-electron chi connectivity index (χ1n) is 15.9. The molecule has 1 unspecified atom stereocenters. The van der Waals surface area contributed by atoms with Gasteiger partial charge in [0.15, 0.2) is 0 Å². The maximum Gasteiger partial charge on any atom is 0.408 e. The molecule has 46 heavy (non-hydrogen) atoms. The van der Waals surface area contributed by atoms with E-state index in [0.29, 0.717) is 19.3 Å². The Morgan fingerprint density at radius 1 is 1.17 bits per heavy atom. The van der Waals surface area contributed by atoms with Crippen LogP contribution in [-0.4, -0.2) is 96.6 Å². The molecule has 7 atom stereocenters. The highest BCUT2D eigenvalue weighted by atomic mass is 32.2. The summed E-state index contributed by atoms with van der Waals surface area (Å²) in [7, 11) is -2.48. The van der Waals surface area contributed by atoms with Crippen molar-refractivity contribution in [3.63, 3.8) is 0 Å². The van der Waals surface area contributed by atoms with Crippen LogP contribution in [0.1, 0.15) is 79.6 Å². The summed E-state index contributed by atoms with van der Waals surface area (Å²) in [4.78, 5) is 55.6. The van der Waals surface area contributed by atoms with Crippen LogP contribution in [0.3, 0.4) is 0 Å². The van der Waals surface area contributed by atoms with Crippen molar-refractivity contribution >= 4 is 33.8 Å². The maximum atomic E-state index is 14.3. The molecule has 2 aliphatic carbocycles. The predicted molar refractivity (Wildman–Crippen MR) is 172 cm³/mol. The van der Waals surface area contributed by atoms with E-state index < -0.39 is 79.7 Å². The number of carbonyl (C=O) groups excluding carboxylic acids is 4. The maximum absolute atomic E-state index is 14.3. The lowest BCUT2D eigenvalue weighted by Gasteiger charge is -2.34. The highest BCUT2D eigenvalue weighted by molar-refractivity contribution is 7.91. The summed E-state index contributed by atoms with van der Waals surface area (Å²) in [6.07, 6.45) is 4.33. The summed E-state index contributed by atoms with van der Waals surface area (Å²) in [6, 6.07) is -2.36. The number of nitrogens with zero attached hydrogens (tertiary/aromatic N) is 1. The Kier molecular flexibility index (Phi) is 11.8. The number of hydrogen-bond acceptors (Lipinski definition) is 9. The van der Waals surface area contributed by atoms with Gasteiger partial charge in [-0.3, -0.25) is 19.1 Å². The first-order chi connectivity index (χ1) is 21.3. The Bertz CT molecular complexity index is 1290. The molecule has 13 nitrogen and oxygen atoms in total. The van der Waals surface area contributed by atoms with Gasteiger partial charge in [-0.2, -0.15) is 0 Å². The number of likely N-dealkylation sites (tertiary alicyclic amines) is 1. The lowest BCUT2D eigenvalue weighted by atomic mass is 9.87. The van der Waals surface area contributed by atoms with Gasteiger partial charge in [0.05, 0.1) is 17.5 Å². The number of carbonyl (C=O) groups is 4. The normalized spacial score (nSPS) is 27.0. The molecule has 3 rings (SSSR count). The molecule has 1 aliphatic heterocycles. The van der Waals surface area contributed by atoms with Crippen molar-refractivity contribution in [1.29, 1.82) is 0 Å². The van der Waals surface area contributed by atoms with E-state index in [0.717, 1.165) is 12.8 Å². The Balaban J connectivity index is 1.87. The number of aliphatic hydroxyl groups is 1. The fourth-order valence-electron chi connectivity index (χ4n) is 5.97. The summed E-state index contributed by atoms with van der Waals surface area (Å²) in [5, 5.41) is 16.0. The minimum Gasteiger partial charge on any atom is -0.444 e. The number of rotatable bonds is 16. The van der Waals surface area contributed by atoms with Crippen molar-refractivity contribution in [2.45, 2.75) is 114 Å². The average molecular weight is 669 g/mol. The Labute approximate surface area is 272 Å². The molecule has 3 fully saturated rings. The fraction of sp³-hybridized carbons (Fsp3) is 0.750. The van der Waals surface area contributed by atoms with Crippen molar-refractivity contribution in [1.82, 2.24) is 20.3 Å². The van der Waals surface area contributed by atoms with Crippen LogP contribution in [0.15, 0.2) is 25.3 Å². The molecular formula is C32H52N4O9S. The summed E-state index contributed by atoms with van der Waals surface area (Å²) >= 11 is 0. The molecule has 0 aromatic heterocycles. The number of nitrogens with one attached hydrogen (secondary N) is 3. The van der Waals surface area contributed by atoms with E-state index in [4.69, 9.17) is 9.47 Å². The van der Waals surface area contributed by atoms with Crippen molar-refractivity contribution in [3.05, 3.63) is 25.3 Å². The van der Waals surface area contributed by atoms with E-state index in [1.807, 2.05) is 13.0 Å². The number of alkyl carbamates (subject to hydrolysis) is 1. The van der Waals surface area contributed by atoms with Crippen molar-refractivity contribution in [3.8, 4) is 0 Å². The van der Waals surface area contributed by atoms with E-state index >= 15 is 0 Å². The number of hydrogen-bond donors (Lipinski definition) is 4. The third-order valence-corrected chi connectivity index (χ3v) is 11.3. The van der Waals surface area contributed by atoms with Crippen LogP contribution in [-0.2, 0) is 33.9 Å². The molecular weight excluding hydrogens is 616 g/mol. The molecule has 0 aromatic rings. The van der Waals surface area contributed by atoms with E-state index in [9.17, 15) is 32.7 Å². The molecule has 0 radical (unpaired) electrons. The highest BCUT2D eigenvalue weighted by Crippen LogP contribution is 2.47. The summed E-state index contributed by atoms with van der Waals surface area (Å²) in [5.41, 5.74) is -2.41. The van der Waals surface area contributed by atoms with Gasteiger partial charge in [-0.15, -0.1) is 13.2 Å². The molecule has 4 N–H and O–H groups in total. The van der Waals surface area contributed by atoms with Crippen molar-refractivity contribution in [2.75, 3.05) is 20.3 Å². The smallest absolute Gasteiger partial charge is 0.408 e. The summed E-state index contributed by atoms with van der Waals surface area (Å²) in [6.45, 7) is 16.1. The molecule has 1 heterocycles. The number of methoxy groups -OCH3 is 1.